The van der Waals surface area contributed by atoms with Gasteiger partial charge in [-0.1, -0.05) is 37.4 Å². The van der Waals surface area contributed by atoms with Gasteiger partial charge in [0.1, 0.15) is 30.5 Å². The summed E-state index contributed by atoms with van der Waals surface area (Å²) in [4.78, 5) is 35.2. The number of rotatable bonds is 14. The van der Waals surface area contributed by atoms with Crippen molar-refractivity contribution in [3.05, 3.63) is 103 Å². The summed E-state index contributed by atoms with van der Waals surface area (Å²) in [6.07, 6.45) is 1.83. The molecule has 8 heteroatoms. The molecule has 0 aromatic heterocycles. The zero-order chi connectivity index (χ0) is 28.0. The van der Waals surface area contributed by atoms with Crippen LogP contribution in [-0.4, -0.2) is 37.7 Å². The maximum Gasteiger partial charge on any atom is 0.343 e. The standard InChI is InChI=1S/C31H30O8/c1-4-35-29(32)6-5-19-36-26-15-11-25(12-16-26)31(34)39-28-17-9-24(10-18-28)23-7-13-27(14-8-23)37-20-21-38-30(33)22(2)3/h4,7-18H,1-2,5-6,19-21H2,3H3. The number of benzene rings is 3. The minimum Gasteiger partial charge on any atom is -0.494 e. The summed E-state index contributed by atoms with van der Waals surface area (Å²) in [7, 11) is 0. The van der Waals surface area contributed by atoms with Gasteiger partial charge in [-0.05, 0) is 73.0 Å². The fourth-order valence-corrected chi connectivity index (χ4v) is 3.29. The lowest BCUT2D eigenvalue weighted by Crippen LogP contribution is -2.12. The van der Waals surface area contributed by atoms with E-state index in [4.69, 9.17) is 18.9 Å². The molecule has 3 aromatic carbocycles. The molecule has 0 saturated carbocycles. The SMILES string of the molecule is C=COC(=O)CCCOc1ccc(C(=O)Oc2ccc(-c3ccc(OCCOC(=O)C(=C)C)cc3)cc2)cc1. The van der Waals surface area contributed by atoms with Crippen molar-refractivity contribution in [3.8, 4) is 28.4 Å². The molecular formula is C31H30O8. The van der Waals surface area contributed by atoms with Crippen LogP contribution in [0.5, 0.6) is 17.2 Å². The monoisotopic (exact) mass is 530 g/mol. The van der Waals surface area contributed by atoms with Crippen LogP contribution in [0.2, 0.25) is 0 Å². The van der Waals surface area contributed by atoms with Crippen LogP contribution in [-0.2, 0) is 19.1 Å². The van der Waals surface area contributed by atoms with Gasteiger partial charge in [0.25, 0.3) is 0 Å². The highest BCUT2D eigenvalue weighted by atomic mass is 16.6. The van der Waals surface area contributed by atoms with Crippen molar-refractivity contribution in [2.75, 3.05) is 19.8 Å². The highest BCUT2D eigenvalue weighted by Gasteiger charge is 2.10. The van der Waals surface area contributed by atoms with E-state index in [0.717, 1.165) is 17.4 Å². The maximum absolute atomic E-state index is 12.5. The summed E-state index contributed by atoms with van der Waals surface area (Å²) in [5.74, 6) is 0.358. The Morgan fingerprint density at radius 3 is 1.85 bits per heavy atom. The third-order valence-electron chi connectivity index (χ3n) is 5.28. The molecule has 0 aliphatic rings. The van der Waals surface area contributed by atoms with Crippen LogP contribution in [0.1, 0.15) is 30.1 Å². The molecule has 3 aromatic rings. The van der Waals surface area contributed by atoms with Gasteiger partial charge >= 0.3 is 17.9 Å². The third kappa shape index (κ3) is 9.51. The van der Waals surface area contributed by atoms with Crippen LogP contribution in [0.4, 0.5) is 0 Å². The predicted octanol–water partition coefficient (Wildman–Crippen LogP) is 5.92. The first-order valence-electron chi connectivity index (χ1n) is 12.3. The molecule has 39 heavy (non-hydrogen) atoms. The highest BCUT2D eigenvalue weighted by molar-refractivity contribution is 5.91. The lowest BCUT2D eigenvalue weighted by molar-refractivity contribution is -0.140. The normalized spacial score (nSPS) is 10.2. The van der Waals surface area contributed by atoms with Crippen molar-refractivity contribution < 1.29 is 38.1 Å². The van der Waals surface area contributed by atoms with Gasteiger partial charge in [-0.2, -0.15) is 0 Å². The largest absolute Gasteiger partial charge is 0.494 e. The van der Waals surface area contributed by atoms with Gasteiger partial charge in [0, 0.05) is 12.0 Å². The van der Waals surface area contributed by atoms with Crippen molar-refractivity contribution in [1.29, 1.82) is 0 Å². The zero-order valence-electron chi connectivity index (χ0n) is 21.7. The minimum absolute atomic E-state index is 0.140. The van der Waals surface area contributed by atoms with Crippen LogP contribution in [0.3, 0.4) is 0 Å². The zero-order valence-corrected chi connectivity index (χ0v) is 21.7. The van der Waals surface area contributed by atoms with E-state index in [1.807, 2.05) is 36.4 Å². The second kappa shape index (κ2) is 14.8. The molecular weight excluding hydrogens is 500 g/mol. The molecule has 0 N–H and O–H groups in total. The third-order valence-corrected chi connectivity index (χ3v) is 5.28. The number of hydrogen-bond donors (Lipinski definition) is 0. The first kappa shape index (κ1) is 28.7. The summed E-state index contributed by atoms with van der Waals surface area (Å²) < 4.78 is 26.3. The highest BCUT2D eigenvalue weighted by Crippen LogP contribution is 2.25. The molecule has 0 aliphatic heterocycles. The van der Waals surface area contributed by atoms with Crippen LogP contribution in [0.25, 0.3) is 11.1 Å². The molecule has 8 nitrogen and oxygen atoms in total. The average molecular weight is 531 g/mol. The molecule has 0 atom stereocenters. The topological polar surface area (TPSA) is 97.4 Å². The molecule has 3 rings (SSSR count). The van der Waals surface area contributed by atoms with Crippen LogP contribution < -0.4 is 14.2 Å². The Labute approximate surface area is 227 Å². The van der Waals surface area contributed by atoms with Gasteiger partial charge in [0.05, 0.1) is 18.4 Å². The van der Waals surface area contributed by atoms with Crippen molar-refractivity contribution in [2.45, 2.75) is 19.8 Å². The number of esters is 3. The Morgan fingerprint density at radius 1 is 0.744 bits per heavy atom. The molecule has 0 fully saturated rings. The fraction of sp³-hybridized carbons (Fsp3) is 0.194. The van der Waals surface area contributed by atoms with Crippen LogP contribution >= 0.6 is 0 Å². The van der Waals surface area contributed by atoms with Gasteiger partial charge in [-0.15, -0.1) is 0 Å². The molecule has 0 radical (unpaired) electrons. The molecule has 0 aliphatic carbocycles. The Morgan fingerprint density at radius 2 is 1.28 bits per heavy atom. The Kier molecular flexibility index (Phi) is 10.9. The molecule has 0 saturated heterocycles. The van der Waals surface area contributed by atoms with Crippen LogP contribution in [0, 0.1) is 0 Å². The summed E-state index contributed by atoms with van der Waals surface area (Å²) in [6, 6.07) is 21.2. The number of hydrogen-bond acceptors (Lipinski definition) is 8. The molecule has 0 spiro atoms. The maximum atomic E-state index is 12.5. The first-order valence-corrected chi connectivity index (χ1v) is 12.3. The summed E-state index contributed by atoms with van der Waals surface area (Å²) in [5, 5.41) is 0. The number of carbonyl (C=O) groups is 3. The van der Waals surface area contributed by atoms with E-state index in [1.165, 1.54) is 0 Å². The van der Waals surface area contributed by atoms with Crippen molar-refractivity contribution in [3.63, 3.8) is 0 Å². The first-order chi connectivity index (χ1) is 18.9. The molecule has 0 heterocycles. The Balaban J connectivity index is 1.45. The second-order valence-corrected chi connectivity index (χ2v) is 8.34. The Hall–Kier alpha value is -4.85. The molecule has 202 valence electrons. The molecule has 0 bridgehead atoms. The quantitative estimate of drug-likeness (QED) is 0.0833. The van der Waals surface area contributed by atoms with E-state index in [0.29, 0.717) is 41.4 Å². The second-order valence-electron chi connectivity index (χ2n) is 8.34. The fourth-order valence-electron chi connectivity index (χ4n) is 3.29. The van der Waals surface area contributed by atoms with E-state index in [1.54, 1.807) is 43.3 Å². The number of carbonyl (C=O) groups excluding carboxylic acids is 3. The predicted molar refractivity (Wildman–Crippen MR) is 146 cm³/mol. The van der Waals surface area contributed by atoms with E-state index >= 15 is 0 Å². The van der Waals surface area contributed by atoms with Gasteiger partial charge in [-0.3, -0.25) is 4.79 Å². The van der Waals surface area contributed by atoms with E-state index in [9.17, 15) is 14.4 Å². The smallest absolute Gasteiger partial charge is 0.343 e. The minimum atomic E-state index is -0.489. The van der Waals surface area contributed by atoms with E-state index < -0.39 is 11.9 Å². The van der Waals surface area contributed by atoms with E-state index in [2.05, 4.69) is 17.9 Å². The summed E-state index contributed by atoms with van der Waals surface area (Å²) in [5.41, 5.74) is 2.63. The average Bonchev–Trinajstić information content (AvgIpc) is 2.94. The van der Waals surface area contributed by atoms with Gasteiger partial charge < -0.3 is 23.7 Å². The van der Waals surface area contributed by atoms with E-state index in [-0.39, 0.29) is 25.6 Å². The van der Waals surface area contributed by atoms with Crippen molar-refractivity contribution in [1.82, 2.24) is 0 Å². The van der Waals surface area contributed by atoms with Crippen LogP contribution in [0.15, 0.2) is 97.8 Å². The number of ether oxygens (including phenoxy) is 5. The van der Waals surface area contributed by atoms with Crippen molar-refractivity contribution >= 4 is 17.9 Å². The van der Waals surface area contributed by atoms with Crippen molar-refractivity contribution in [2.24, 2.45) is 0 Å². The van der Waals surface area contributed by atoms with Gasteiger partial charge in [-0.25, -0.2) is 9.59 Å². The summed E-state index contributed by atoms with van der Waals surface area (Å²) >= 11 is 0. The summed E-state index contributed by atoms with van der Waals surface area (Å²) in [6.45, 7) is 9.17. The molecule has 0 amide bonds. The lowest BCUT2D eigenvalue weighted by Gasteiger charge is -2.09. The molecule has 0 unspecified atom stereocenters. The Bertz CT molecular complexity index is 1280. The van der Waals surface area contributed by atoms with Gasteiger partial charge in [0.15, 0.2) is 0 Å². The lowest BCUT2D eigenvalue weighted by atomic mass is 10.1. The van der Waals surface area contributed by atoms with Gasteiger partial charge in [0.2, 0.25) is 0 Å².